The second-order valence-electron chi connectivity index (χ2n) is 7.28. The summed E-state index contributed by atoms with van der Waals surface area (Å²) in [5.41, 5.74) is 1.00. The molecule has 0 amide bonds. The maximum atomic E-state index is 12.7. The average Bonchev–Trinajstić information content (AvgIpc) is 2.52. The largest absolute Gasteiger partial charge is 0.502 e. The summed E-state index contributed by atoms with van der Waals surface area (Å²) in [6.45, 7) is 3.97. The van der Waals surface area contributed by atoms with Crippen LogP contribution in [0.2, 0.25) is 0 Å². The second-order valence-corrected chi connectivity index (χ2v) is 7.28. The molecule has 2 aliphatic rings. The standard InChI is InChI=1S/C19H22O6/c1-19(2)8-12(20)17-11(7-16(21)25-15(17)9-19)10-5-13(23-3)18(22)14(6-10)24-4/h5-6,11,22H,7-9H2,1-4H3/t11-/m0/s1. The van der Waals surface area contributed by atoms with Gasteiger partial charge in [0.2, 0.25) is 5.75 Å². The van der Waals surface area contributed by atoms with Crippen LogP contribution in [0, 0.1) is 5.41 Å². The number of methoxy groups -OCH3 is 2. The number of phenols is 1. The Bertz CT molecular complexity index is 749. The summed E-state index contributed by atoms with van der Waals surface area (Å²) >= 11 is 0. The van der Waals surface area contributed by atoms with Gasteiger partial charge in [0.05, 0.1) is 20.6 Å². The first-order chi connectivity index (χ1) is 11.8. The van der Waals surface area contributed by atoms with Crippen molar-refractivity contribution >= 4 is 11.8 Å². The summed E-state index contributed by atoms with van der Waals surface area (Å²) in [6, 6.07) is 3.28. The third-order valence-corrected chi connectivity index (χ3v) is 4.74. The van der Waals surface area contributed by atoms with E-state index < -0.39 is 5.92 Å². The van der Waals surface area contributed by atoms with Crippen molar-refractivity contribution in [2.75, 3.05) is 14.2 Å². The molecule has 0 radical (unpaired) electrons. The quantitative estimate of drug-likeness (QED) is 0.847. The van der Waals surface area contributed by atoms with E-state index >= 15 is 0 Å². The number of hydrogen-bond donors (Lipinski definition) is 1. The Morgan fingerprint density at radius 2 is 1.72 bits per heavy atom. The van der Waals surface area contributed by atoms with Gasteiger partial charge in [-0.05, 0) is 23.1 Å². The zero-order valence-corrected chi connectivity index (χ0v) is 14.8. The first kappa shape index (κ1) is 17.3. The van der Waals surface area contributed by atoms with Gasteiger partial charge in [-0.2, -0.15) is 0 Å². The predicted molar refractivity (Wildman–Crippen MR) is 89.7 cm³/mol. The average molecular weight is 346 g/mol. The molecule has 0 spiro atoms. The first-order valence-electron chi connectivity index (χ1n) is 8.17. The molecule has 0 unspecified atom stereocenters. The SMILES string of the molecule is COc1cc([C@@H]2CC(=O)OC3=C2C(=O)CC(C)(C)C3)cc(OC)c1O. The van der Waals surface area contributed by atoms with Gasteiger partial charge in [-0.25, -0.2) is 0 Å². The van der Waals surface area contributed by atoms with Crippen molar-refractivity contribution in [2.24, 2.45) is 5.41 Å². The Morgan fingerprint density at radius 1 is 1.12 bits per heavy atom. The van der Waals surface area contributed by atoms with E-state index in [2.05, 4.69) is 0 Å². The van der Waals surface area contributed by atoms with E-state index in [1.54, 1.807) is 12.1 Å². The van der Waals surface area contributed by atoms with Crippen molar-refractivity contribution in [2.45, 2.75) is 39.0 Å². The van der Waals surface area contributed by atoms with Gasteiger partial charge < -0.3 is 19.3 Å². The van der Waals surface area contributed by atoms with Crippen molar-refractivity contribution in [1.29, 1.82) is 0 Å². The van der Waals surface area contributed by atoms with E-state index in [-0.39, 0.29) is 40.8 Å². The number of carbonyl (C=O) groups excluding carboxylic acids is 2. The number of ketones is 1. The number of ether oxygens (including phenoxy) is 3. The normalized spacial score (nSPS) is 22.3. The highest BCUT2D eigenvalue weighted by molar-refractivity contribution is 6.00. The Balaban J connectivity index is 2.13. The molecular formula is C19H22O6. The zero-order chi connectivity index (χ0) is 18.4. The molecule has 0 bridgehead atoms. The molecule has 1 heterocycles. The molecule has 1 atom stereocenters. The van der Waals surface area contributed by atoms with Gasteiger partial charge in [0, 0.05) is 24.3 Å². The number of rotatable bonds is 3. The minimum absolute atomic E-state index is 0.00485. The monoisotopic (exact) mass is 346 g/mol. The van der Waals surface area contributed by atoms with Gasteiger partial charge in [0.15, 0.2) is 17.3 Å². The molecule has 0 aromatic heterocycles. The molecule has 0 fully saturated rings. The maximum absolute atomic E-state index is 12.7. The van der Waals surface area contributed by atoms with E-state index in [4.69, 9.17) is 14.2 Å². The van der Waals surface area contributed by atoms with Crippen LogP contribution in [0.15, 0.2) is 23.5 Å². The molecular weight excluding hydrogens is 324 g/mol. The van der Waals surface area contributed by atoms with E-state index in [1.807, 2.05) is 13.8 Å². The van der Waals surface area contributed by atoms with E-state index in [0.717, 1.165) is 0 Å². The third kappa shape index (κ3) is 3.08. The molecule has 25 heavy (non-hydrogen) atoms. The highest BCUT2D eigenvalue weighted by Crippen LogP contribution is 2.48. The van der Waals surface area contributed by atoms with Crippen molar-refractivity contribution in [3.05, 3.63) is 29.0 Å². The van der Waals surface area contributed by atoms with Crippen LogP contribution in [0.5, 0.6) is 17.2 Å². The van der Waals surface area contributed by atoms with Crippen LogP contribution in [-0.4, -0.2) is 31.1 Å². The van der Waals surface area contributed by atoms with Crippen molar-refractivity contribution in [3.63, 3.8) is 0 Å². The van der Waals surface area contributed by atoms with Crippen LogP contribution in [0.25, 0.3) is 0 Å². The lowest BCUT2D eigenvalue weighted by Gasteiger charge is -2.36. The number of carbonyl (C=O) groups is 2. The smallest absolute Gasteiger partial charge is 0.311 e. The lowest BCUT2D eigenvalue weighted by Crippen LogP contribution is -2.33. The Hall–Kier alpha value is -2.50. The van der Waals surface area contributed by atoms with Crippen LogP contribution in [0.3, 0.4) is 0 Å². The molecule has 1 aliphatic heterocycles. The number of benzene rings is 1. The highest BCUT2D eigenvalue weighted by Gasteiger charge is 2.42. The van der Waals surface area contributed by atoms with Gasteiger partial charge in [-0.1, -0.05) is 13.8 Å². The number of esters is 1. The summed E-state index contributed by atoms with van der Waals surface area (Å²) in [5, 5.41) is 10.1. The van der Waals surface area contributed by atoms with Gasteiger partial charge in [0.25, 0.3) is 0 Å². The summed E-state index contributed by atoms with van der Waals surface area (Å²) in [4.78, 5) is 24.9. The molecule has 1 aliphatic carbocycles. The molecule has 1 aromatic rings. The minimum Gasteiger partial charge on any atom is -0.502 e. The second kappa shape index (κ2) is 6.10. The van der Waals surface area contributed by atoms with E-state index in [1.165, 1.54) is 14.2 Å². The summed E-state index contributed by atoms with van der Waals surface area (Å²) in [6.07, 6.45) is 1.02. The Labute approximate surface area is 146 Å². The van der Waals surface area contributed by atoms with Gasteiger partial charge in [0.1, 0.15) is 5.76 Å². The van der Waals surface area contributed by atoms with Crippen molar-refractivity contribution in [3.8, 4) is 17.2 Å². The lowest BCUT2D eigenvalue weighted by molar-refractivity contribution is -0.142. The summed E-state index contributed by atoms with van der Waals surface area (Å²) in [5.74, 6) is 0.0299. The van der Waals surface area contributed by atoms with Crippen molar-refractivity contribution in [1.82, 2.24) is 0 Å². The Kier molecular flexibility index (Phi) is 4.22. The molecule has 6 nitrogen and oxygen atoms in total. The van der Waals surface area contributed by atoms with Crippen LogP contribution in [0.1, 0.15) is 44.6 Å². The number of Topliss-reactive ketones (excluding diaryl/α,β-unsaturated/α-hetero) is 1. The molecule has 6 heteroatoms. The first-order valence-corrected chi connectivity index (χ1v) is 8.17. The highest BCUT2D eigenvalue weighted by atomic mass is 16.5. The maximum Gasteiger partial charge on any atom is 0.311 e. The van der Waals surface area contributed by atoms with Gasteiger partial charge in [-0.15, -0.1) is 0 Å². The fourth-order valence-electron chi connectivity index (χ4n) is 3.60. The third-order valence-electron chi connectivity index (χ3n) is 4.74. The summed E-state index contributed by atoms with van der Waals surface area (Å²) < 4.78 is 15.8. The molecule has 134 valence electrons. The fourth-order valence-corrected chi connectivity index (χ4v) is 3.60. The number of hydrogen-bond acceptors (Lipinski definition) is 6. The van der Waals surface area contributed by atoms with Gasteiger partial charge in [-0.3, -0.25) is 9.59 Å². The van der Waals surface area contributed by atoms with E-state index in [0.29, 0.717) is 29.7 Å². The summed E-state index contributed by atoms with van der Waals surface area (Å²) in [7, 11) is 2.87. The van der Waals surface area contributed by atoms with Crippen LogP contribution >= 0.6 is 0 Å². The molecule has 1 N–H and O–H groups in total. The molecule has 1 aromatic carbocycles. The molecule has 0 saturated heterocycles. The zero-order valence-electron chi connectivity index (χ0n) is 14.8. The topological polar surface area (TPSA) is 82.1 Å². The number of phenolic OH excluding ortho intramolecular Hbond substituents is 1. The van der Waals surface area contributed by atoms with Crippen molar-refractivity contribution < 1.29 is 28.9 Å². The lowest BCUT2D eigenvalue weighted by atomic mass is 9.71. The predicted octanol–water partition coefficient (Wildman–Crippen LogP) is 3.08. The van der Waals surface area contributed by atoms with Crippen LogP contribution in [-0.2, 0) is 14.3 Å². The number of allylic oxidation sites excluding steroid dienone is 2. The Morgan fingerprint density at radius 3 is 2.28 bits per heavy atom. The molecule has 3 rings (SSSR count). The van der Waals surface area contributed by atoms with Crippen LogP contribution in [0.4, 0.5) is 0 Å². The van der Waals surface area contributed by atoms with E-state index in [9.17, 15) is 14.7 Å². The fraction of sp³-hybridized carbons (Fsp3) is 0.474. The van der Waals surface area contributed by atoms with Crippen LogP contribution < -0.4 is 9.47 Å². The molecule has 0 saturated carbocycles. The minimum atomic E-state index is -0.428. The van der Waals surface area contributed by atoms with Gasteiger partial charge >= 0.3 is 5.97 Å². The number of aromatic hydroxyl groups is 1.